The molecule has 0 unspecified atom stereocenters. The van der Waals surface area contributed by atoms with Crippen molar-refractivity contribution in [3.63, 3.8) is 0 Å². The third kappa shape index (κ3) is 6.52. The first-order valence-corrected chi connectivity index (χ1v) is 6.79. The van der Waals surface area contributed by atoms with Gasteiger partial charge in [0.15, 0.2) is 5.75 Å². The Morgan fingerprint density at radius 2 is 2.10 bits per heavy atom. The highest BCUT2D eigenvalue weighted by molar-refractivity contribution is 5.48. The molecule has 7 heteroatoms. The summed E-state index contributed by atoms with van der Waals surface area (Å²) >= 11 is 0. The van der Waals surface area contributed by atoms with E-state index in [2.05, 4.69) is 5.32 Å². The second-order valence-electron chi connectivity index (χ2n) is 4.88. The normalized spacial score (nSPS) is 10.9. The van der Waals surface area contributed by atoms with Crippen LogP contribution in [0.15, 0.2) is 18.2 Å². The number of nitrogens with one attached hydrogen (secondary N) is 1. The highest BCUT2D eigenvalue weighted by atomic mass is 16.6. The zero-order valence-electron chi connectivity index (χ0n) is 12.8. The molecule has 0 aliphatic heterocycles. The molecule has 0 saturated heterocycles. The van der Waals surface area contributed by atoms with Crippen molar-refractivity contribution >= 4 is 5.69 Å². The fourth-order valence-corrected chi connectivity index (χ4v) is 1.68. The Morgan fingerprint density at radius 3 is 2.71 bits per heavy atom. The van der Waals surface area contributed by atoms with E-state index >= 15 is 0 Å². The summed E-state index contributed by atoms with van der Waals surface area (Å²) in [6.07, 6.45) is 0. The molecule has 0 radical (unpaired) electrons. The van der Waals surface area contributed by atoms with Gasteiger partial charge >= 0.3 is 5.69 Å². The summed E-state index contributed by atoms with van der Waals surface area (Å²) in [6, 6.07) is 4.93. The Bertz CT molecular complexity index is 452. The number of ether oxygens (including phenoxy) is 2. The maximum atomic E-state index is 11.0. The molecule has 0 aliphatic carbocycles. The molecule has 0 aromatic heterocycles. The molecule has 0 heterocycles. The lowest BCUT2D eigenvalue weighted by molar-refractivity contribution is -0.385. The summed E-state index contributed by atoms with van der Waals surface area (Å²) < 4.78 is 10.5. The number of nitro benzene ring substituents is 1. The Kier molecular flexibility index (Phi) is 7.66. The number of hydrogen-bond donors (Lipinski definition) is 1. The van der Waals surface area contributed by atoms with Crippen LogP contribution in [0.4, 0.5) is 5.69 Å². The van der Waals surface area contributed by atoms with Gasteiger partial charge in [-0.05, 0) is 25.7 Å². The topological polar surface area (TPSA) is 76.9 Å². The predicted octanol–water partition coefficient (Wildman–Crippen LogP) is 1.27. The largest absolute Gasteiger partial charge is 0.485 e. The molecule has 118 valence electrons. The van der Waals surface area contributed by atoms with Gasteiger partial charge in [-0.1, -0.05) is 6.07 Å². The molecule has 0 atom stereocenters. The molecule has 1 N–H and O–H groups in total. The minimum Gasteiger partial charge on any atom is -0.485 e. The average Bonchev–Trinajstić information content (AvgIpc) is 2.43. The smallest absolute Gasteiger partial charge is 0.310 e. The summed E-state index contributed by atoms with van der Waals surface area (Å²) in [5, 5.41) is 14.2. The fraction of sp³-hybridized carbons (Fsp3) is 0.571. The third-order valence-electron chi connectivity index (χ3n) is 2.83. The first-order valence-electron chi connectivity index (χ1n) is 6.79. The summed E-state index contributed by atoms with van der Waals surface area (Å²) in [5.41, 5.74) is 0.936. The molecule has 0 amide bonds. The van der Waals surface area contributed by atoms with Crippen molar-refractivity contribution in [1.82, 2.24) is 10.2 Å². The van der Waals surface area contributed by atoms with Crippen molar-refractivity contribution in [1.29, 1.82) is 0 Å². The zero-order chi connectivity index (χ0) is 15.7. The van der Waals surface area contributed by atoms with Crippen LogP contribution in [0.25, 0.3) is 0 Å². The van der Waals surface area contributed by atoms with Gasteiger partial charge in [0, 0.05) is 32.8 Å². The number of methoxy groups -OCH3 is 1. The minimum atomic E-state index is -0.423. The summed E-state index contributed by atoms with van der Waals surface area (Å²) in [5.74, 6) is 0.313. The summed E-state index contributed by atoms with van der Waals surface area (Å²) in [7, 11) is 5.49. The number of nitro groups is 1. The Labute approximate surface area is 125 Å². The SMILES string of the molecule is COCCNCc1ccc([N+](=O)[O-])c(OCCN(C)C)c1. The molecule has 7 nitrogen and oxygen atoms in total. The predicted molar refractivity (Wildman–Crippen MR) is 80.7 cm³/mol. The van der Waals surface area contributed by atoms with E-state index in [1.807, 2.05) is 19.0 Å². The summed E-state index contributed by atoms with van der Waals surface area (Å²) in [6.45, 7) is 3.08. The van der Waals surface area contributed by atoms with Gasteiger partial charge in [-0.15, -0.1) is 0 Å². The third-order valence-corrected chi connectivity index (χ3v) is 2.83. The van der Waals surface area contributed by atoms with Crippen LogP contribution in [0.2, 0.25) is 0 Å². The fourth-order valence-electron chi connectivity index (χ4n) is 1.68. The highest BCUT2D eigenvalue weighted by Crippen LogP contribution is 2.27. The van der Waals surface area contributed by atoms with Crippen molar-refractivity contribution in [3.05, 3.63) is 33.9 Å². The monoisotopic (exact) mass is 297 g/mol. The van der Waals surface area contributed by atoms with Gasteiger partial charge < -0.3 is 19.7 Å². The van der Waals surface area contributed by atoms with E-state index in [0.29, 0.717) is 32.1 Å². The maximum absolute atomic E-state index is 11.0. The van der Waals surface area contributed by atoms with Crippen molar-refractivity contribution in [2.75, 3.05) is 47.5 Å². The number of rotatable bonds is 10. The van der Waals surface area contributed by atoms with Gasteiger partial charge in [-0.25, -0.2) is 0 Å². The molecule has 1 aromatic carbocycles. The van der Waals surface area contributed by atoms with E-state index in [1.165, 1.54) is 6.07 Å². The van der Waals surface area contributed by atoms with Crippen molar-refractivity contribution in [3.8, 4) is 5.75 Å². The van der Waals surface area contributed by atoms with Gasteiger partial charge in [0.05, 0.1) is 11.5 Å². The standard InChI is InChI=1S/C14H23N3O4/c1-16(2)7-9-21-14-10-12(11-15-6-8-20-3)4-5-13(14)17(18)19/h4-5,10,15H,6-9,11H2,1-3H3. The van der Waals surface area contributed by atoms with Gasteiger partial charge in [0.25, 0.3) is 0 Å². The lowest BCUT2D eigenvalue weighted by atomic mass is 10.2. The van der Waals surface area contributed by atoms with Crippen LogP contribution in [0.5, 0.6) is 5.75 Å². The molecule has 21 heavy (non-hydrogen) atoms. The Balaban J connectivity index is 2.68. The first kappa shape index (κ1) is 17.4. The van der Waals surface area contributed by atoms with Crippen LogP contribution in [-0.4, -0.2) is 57.3 Å². The molecule has 0 bridgehead atoms. The number of likely N-dealkylation sites (N-methyl/N-ethyl adjacent to an activating group) is 1. The van der Waals surface area contributed by atoms with Crippen LogP contribution in [0, 0.1) is 10.1 Å². The summed E-state index contributed by atoms with van der Waals surface area (Å²) in [4.78, 5) is 12.5. The second kappa shape index (κ2) is 9.28. The molecule has 0 fully saturated rings. The van der Waals surface area contributed by atoms with E-state index < -0.39 is 4.92 Å². The number of benzene rings is 1. The molecular weight excluding hydrogens is 274 g/mol. The molecule has 0 aliphatic rings. The van der Waals surface area contributed by atoms with Crippen LogP contribution in [0.3, 0.4) is 0 Å². The van der Waals surface area contributed by atoms with E-state index in [-0.39, 0.29) is 5.69 Å². The number of hydrogen-bond acceptors (Lipinski definition) is 6. The molecule has 1 rings (SSSR count). The van der Waals surface area contributed by atoms with Gasteiger partial charge in [0.2, 0.25) is 0 Å². The Morgan fingerprint density at radius 1 is 1.33 bits per heavy atom. The minimum absolute atomic E-state index is 0.00519. The van der Waals surface area contributed by atoms with Crippen LogP contribution in [0.1, 0.15) is 5.56 Å². The van der Waals surface area contributed by atoms with Gasteiger partial charge in [0.1, 0.15) is 6.61 Å². The van der Waals surface area contributed by atoms with E-state index in [1.54, 1.807) is 19.2 Å². The van der Waals surface area contributed by atoms with E-state index in [0.717, 1.165) is 12.1 Å². The first-order chi connectivity index (χ1) is 10.0. The highest BCUT2D eigenvalue weighted by Gasteiger charge is 2.15. The zero-order valence-corrected chi connectivity index (χ0v) is 12.8. The van der Waals surface area contributed by atoms with Crippen LogP contribution >= 0.6 is 0 Å². The van der Waals surface area contributed by atoms with Crippen molar-refractivity contribution in [2.24, 2.45) is 0 Å². The van der Waals surface area contributed by atoms with Crippen molar-refractivity contribution < 1.29 is 14.4 Å². The quantitative estimate of drug-likeness (QED) is 0.398. The van der Waals surface area contributed by atoms with Crippen LogP contribution < -0.4 is 10.1 Å². The molecule has 1 aromatic rings. The van der Waals surface area contributed by atoms with Crippen LogP contribution in [-0.2, 0) is 11.3 Å². The molecule has 0 saturated carbocycles. The van der Waals surface area contributed by atoms with E-state index in [9.17, 15) is 10.1 Å². The van der Waals surface area contributed by atoms with Gasteiger partial charge in [-0.2, -0.15) is 0 Å². The lowest BCUT2D eigenvalue weighted by Crippen LogP contribution is -2.20. The van der Waals surface area contributed by atoms with E-state index in [4.69, 9.17) is 9.47 Å². The Hall–Kier alpha value is -1.70. The molecular formula is C14H23N3O4. The maximum Gasteiger partial charge on any atom is 0.310 e. The van der Waals surface area contributed by atoms with Crippen molar-refractivity contribution in [2.45, 2.75) is 6.54 Å². The lowest BCUT2D eigenvalue weighted by Gasteiger charge is -2.12. The number of nitrogens with zero attached hydrogens (tertiary/aromatic N) is 2. The van der Waals surface area contributed by atoms with Gasteiger partial charge in [-0.3, -0.25) is 10.1 Å². The molecule has 0 spiro atoms. The average molecular weight is 297 g/mol. The second-order valence-corrected chi connectivity index (χ2v) is 4.88.